The van der Waals surface area contributed by atoms with Crippen molar-refractivity contribution in [1.82, 2.24) is 4.98 Å². The van der Waals surface area contributed by atoms with Gasteiger partial charge in [-0.25, -0.2) is 0 Å². The van der Waals surface area contributed by atoms with Gasteiger partial charge in [0.2, 0.25) is 0 Å². The molecule has 2 bridgehead atoms. The van der Waals surface area contributed by atoms with Crippen molar-refractivity contribution in [2.24, 2.45) is 35.3 Å². The highest BCUT2D eigenvalue weighted by Gasteiger charge is 2.65. The molecular weight excluding hydrogens is 256 g/mol. The van der Waals surface area contributed by atoms with Gasteiger partial charge in [-0.05, 0) is 73.0 Å². The second-order valence-corrected chi connectivity index (χ2v) is 7.42. The molecule has 108 valence electrons. The average molecular weight is 278 g/mol. The van der Waals surface area contributed by atoms with Crippen LogP contribution in [0.2, 0.25) is 0 Å². The van der Waals surface area contributed by atoms with E-state index in [1.807, 2.05) is 6.20 Å². The third kappa shape index (κ3) is 1.72. The van der Waals surface area contributed by atoms with Crippen LogP contribution in [0, 0.1) is 29.6 Å². The monoisotopic (exact) mass is 278 g/mol. The SMILES string of the molecule is NC(Cc1ccnc2ccccc12)C1C2C3CCC(C3)C12. The van der Waals surface area contributed by atoms with Crippen molar-refractivity contribution in [3.63, 3.8) is 0 Å². The van der Waals surface area contributed by atoms with E-state index < -0.39 is 0 Å². The van der Waals surface area contributed by atoms with Crippen LogP contribution in [0.15, 0.2) is 36.5 Å². The lowest BCUT2D eigenvalue weighted by Gasteiger charge is -2.17. The lowest BCUT2D eigenvalue weighted by atomic mass is 9.93. The van der Waals surface area contributed by atoms with Crippen LogP contribution in [0.3, 0.4) is 0 Å². The molecule has 0 amide bonds. The molecule has 1 aromatic heterocycles. The van der Waals surface area contributed by atoms with Crippen molar-refractivity contribution in [2.75, 3.05) is 0 Å². The largest absolute Gasteiger partial charge is 0.327 e. The van der Waals surface area contributed by atoms with Gasteiger partial charge in [0.1, 0.15) is 0 Å². The number of nitrogens with zero attached hydrogens (tertiary/aromatic N) is 1. The number of fused-ring (bicyclic) bond motifs is 6. The molecule has 2 heteroatoms. The first-order valence-electron chi connectivity index (χ1n) is 8.41. The highest BCUT2D eigenvalue weighted by molar-refractivity contribution is 5.81. The Hall–Kier alpha value is -1.41. The topological polar surface area (TPSA) is 38.9 Å². The van der Waals surface area contributed by atoms with Crippen molar-refractivity contribution < 1.29 is 0 Å². The molecule has 1 heterocycles. The third-order valence-electron chi connectivity index (χ3n) is 6.48. The Morgan fingerprint density at radius 1 is 1.10 bits per heavy atom. The number of benzene rings is 1. The number of aromatic nitrogens is 1. The summed E-state index contributed by atoms with van der Waals surface area (Å²) >= 11 is 0. The maximum absolute atomic E-state index is 6.62. The molecule has 3 fully saturated rings. The smallest absolute Gasteiger partial charge is 0.0704 e. The summed E-state index contributed by atoms with van der Waals surface area (Å²) in [6.45, 7) is 0. The van der Waals surface area contributed by atoms with Gasteiger partial charge in [-0.3, -0.25) is 4.98 Å². The van der Waals surface area contributed by atoms with E-state index in [2.05, 4.69) is 35.3 Å². The second-order valence-electron chi connectivity index (χ2n) is 7.42. The van der Waals surface area contributed by atoms with Crippen LogP contribution in [-0.2, 0) is 6.42 Å². The number of nitrogens with two attached hydrogens (primary N) is 1. The molecule has 5 unspecified atom stereocenters. The van der Waals surface area contributed by atoms with E-state index >= 15 is 0 Å². The maximum atomic E-state index is 6.62. The predicted molar refractivity (Wildman–Crippen MR) is 84.7 cm³/mol. The molecule has 3 aliphatic rings. The van der Waals surface area contributed by atoms with Crippen LogP contribution in [0.4, 0.5) is 0 Å². The fraction of sp³-hybridized carbons (Fsp3) is 0.526. The number of rotatable bonds is 3. The summed E-state index contributed by atoms with van der Waals surface area (Å²) < 4.78 is 0. The summed E-state index contributed by atoms with van der Waals surface area (Å²) in [5.41, 5.74) is 9.10. The molecule has 0 spiro atoms. The molecule has 2 N–H and O–H groups in total. The van der Waals surface area contributed by atoms with Crippen molar-refractivity contribution >= 4 is 10.9 Å². The first kappa shape index (κ1) is 12.2. The Morgan fingerprint density at radius 3 is 2.67 bits per heavy atom. The molecule has 21 heavy (non-hydrogen) atoms. The van der Waals surface area contributed by atoms with Crippen LogP contribution >= 0.6 is 0 Å². The maximum Gasteiger partial charge on any atom is 0.0704 e. The summed E-state index contributed by atoms with van der Waals surface area (Å²) in [6, 6.07) is 10.9. The Labute approximate surface area is 125 Å². The van der Waals surface area contributed by atoms with E-state index in [9.17, 15) is 0 Å². The normalized spacial score (nSPS) is 37.7. The van der Waals surface area contributed by atoms with Crippen LogP contribution < -0.4 is 5.73 Å². The van der Waals surface area contributed by atoms with Gasteiger partial charge in [0.05, 0.1) is 5.52 Å². The first-order chi connectivity index (χ1) is 10.3. The lowest BCUT2D eigenvalue weighted by Crippen LogP contribution is -2.28. The van der Waals surface area contributed by atoms with E-state index in [1.54, 1.807) is 0 Å². The zero-order valence-electron chi connectivity index (χ0n) is 12.3. The molecule has 2 nitrogen and oxygen atoms in total. The number of para-hydroxylation sites is 1. The molecular formula is C19H22N2. The van der Waals surface area contributed by atoms with Gasteiger partial charge >= 0.3 is 0 Å². The first-order valence-corrected chi connectivity index (χ1v) is 8.41. The quantitative estimate of drug-likeness (QED) is 0.934. The van der Waals surface area contributed by atoms with Gasteiger partial charge < -0.3 is 5.73 Å². The van der Waals surface area contributed by atoms with E-state index in [4.69, 9.17) is 5.73 Å². The average Bonchev–Trinajstić information content (AvgIpc) is 2.96. The Bertz CT molecular complexity index is 674. The molecule has 3 saturated carbocycles. The van der Waals surface area contributed by atoms with Crippen LogP contribution in [-0.4, -0.2) is 11.0 Å². The highest BCUT2D eigenvalue weighted by atomic mass is 14.8. The molecule has 0 radical (unpaired) electrons. The molecule has 0 saturated heterocycles. The van der Waals surface area contributed by atoms with Crippen molar-refractivity contribution in [3.8, 4) is 0 Å². The van der Waals surface area contributed by atoms with Crippen molar-refractivity contribution in [3.05, 3.63) is 42.1 Å². The van der Waals surface area contributed by atoms with Crippen molar-refractivity contribution in [1.29, 1.82) is 0 Å². The Morgan fingerprint density at radius 2 is 1.86 bits per heavy atom. The van der Waals surface area contributed by atoms with Gasteiger partial charge in [0, 0.05) is 17.6 Å². The summed E-state index contributed by atoms with van der Waals surface area (Å²) in [7, 11) is 0. The summed E-state index contributed by atoms with van der Waals surface area (Å²) in [5, 5.41) is 1.28. The molecule has 5 rings (SSSR count). The van der Waals surface area contributed by atoms with Gasteiger partial charge in [-0.2, -0.15) is 0 Å². The molecule has 2 aromatic rings. The minimum Gasteiger partial charge on any atom is -0.327 e. The summed E-state index contributed by atoms with van der Waals surface area (Å²) in [4.78, 5) is 4.46. The van der Waals surface area contributed by atoms with Gasteiger partial charge in [0.25, 0.3) is 0 Å². The molecule has 0 aliphatic heterocycles. The Balaban J connectivity index is 1.40. The van der Waals surface area contributed by atoms with Crippen LogP contribution in [0.25, 0.3) is 10.9 Å². The van der Waals surface area contributed by atoms with Crippen LogP contribution in [0.1, 0.15) is 24.8 Å². The number of hydrogen-bond acceptors (Lipinski definition) is 2. The molecule has 3 aliphatic carbocycles. The fourth-order valence-electron chi connectivity index (χ4n) is 5.69. The van der Waals surface area contributed by atoms with Gasteiger partial charge in [0.15, 0.2) is 0 Å². The van der Waals surface area contributed by atoms with E-state index in [0.29, 0.717) is 6.04 Å². The minimum atomic E-state index is 0.342. The standard InChI is InChI=1S/C19H22N2/c20-15(19-17-12-5-6-13(9-12)18(17)19)10-11-7-8-21-16-4-2-1-3-14(11)16/h1-4,7-8,12-13,15,17-19H,5-6,9-10,20H2. The molecule has 5 atom stereocenters. The van der Waals surface area contributed by atoms with Gasteiger partial charge in [-0.1, -0.05) is 18.2 Å². The summed E-state index contributed by atoms with van der Waals surface area (Å²) in [5.74, 6) is 4.80. The zero-order chi connectivity index (χ0) is 14.0. The number of pyridine rings is 1. The third-order valence-corrected chi connectivity index (χ3v) is 6.48. The van der Waals surface area contributed by atoms with E-state index in [1.165, 1.54) is 30.2 Å². The van der Waals surface area contributed by atoms with E-state index in [0.717, 1.165) is 41.5 Å². The Kier molecular flexibility index (Phi) is 2.49. The minimum absolute atomic E-state index is 0.342. The highest BCUT2D eigenvalue weighted by Crippen LogP contribution is 2.70. The second kappa shape index (κ2) is 4.30. The fourth-order valence-corrected chi connectivity index (χ4v) is 5.69. The van der Waals surface area contributed by atoms with Gasteiger partial charge in [-0.15, -0.1) is 0 Å². The molecule has 1 aromatic carbocycles. The summed E-state index contributed by atoms with van der Waals surface area (Å²) in [6.07, 6.45) is 7.42. The zero-order valence-corrected chi connectivity index (χ0v) is 12.3. The lowest BCUT2D eigenvalue weighted by molar-refractivity contribution is 0.410. The number of hydrogen-bond donors (Lipinski definition) is 1. The van der Waals surface area contributed by atoms with E-state index in [-0.39, 0.29) is 0 Å². The van der Waals surface area contributed by atoms with Crippen LogP contribution in [0.5, 0.6) is 0 Å². The predicted octanol–water partition coefficient (Wildman–Crippen LogP) is 3.40. The van der Waals surface area contributed by atoms with Crippen molar-refractivity contribution in [2.45, 2.75) is 31.7 Å².